The Kier molecular flexibility index (Phi) is 3.79. The van der Waals surface area contributed by atoms with E-state index in [0.717, 1.165) is 0 Å². The Bertz CT molecular complexity index is 335. The van der Waals surface area contributed by atoms with Gasteiger partial charge in [0.25, 0.3) is 0 Å². The Labute approximate surface area is 88.6 Å². The lowest BCUT2D eigenvalue weighted by molar-refractivity contribution is -0.130. The van der Waals surface area contributed by atoms with E-state index in [2.05, 4.69) is 15.5 Å². The van der Waals surface area contributed by atoms with Crippen LogP contribution in [0.1, 0.15) is 18.6 Å². The molecular formula is C9H16N4O2. The van der Waals surface area contributed by atoms with Crippen LogP contribution in [-0.4, -0.2) is 41.1 Å². The number of aryl methyl sites for hydroxylation is 1. The normalized spacial score (nSPS) is 12.5. The van der Waals surface area contributed by atoms with Gasteiger partial charge < -0.3 is 9.42 Å². The molecule has 1 heterocycles. The van der Waals surface area contributed by atoms with Crippen molar-refractivity contribution in [3.63, 3.8) is 0 Å². The van der Waals surface area contributed by atoms with Crippen molar-refractivity contribution in [2.45, 2.75) is 26.4 Å². The first-order valence-corrected chi connectivity index (χ1v) is 4.74. The van der Waals surface area contributed by atoms with Gasteiger partial charge in [-0.2, -0.15) is 4.98 Å². The summed E-state index contributed by atoms with van der Waals surface area (Å²) in [5.74, 6) is 1.11. The molecule has 1 rings (SSSR count). The summed E-state index contributed by atoms with van der Waals surface area (Å²) in [5, 5.41) is 6.66. The molecule has 0 aliphatic rings. The average molecular weight is 212 g/mol. The van der Waals surface area contributed by atoms with E-state index >= 15 is 0 Å². The van der Waals surface area contributed by atoms with Gasteiger partial charge in [0.15, 0.2) is 5.82 Å². The van der Waals surface area contributed by atoms with Crippen LogP contribution in [0.3, 0.4) is 0 Å². The number of amides is 1. The summed E-state index contributed by atoms with van der Waals surface area (Å²) < 4.78 is 4.91. The lowest BCUT2D eigenvalue weighted by Crippen LogP contribution is -2.41. The Morgan fingerprint density at radius 1 is 1.60 bits per heavy atom. The predicted molar refractivity (Wildman–Crippen MR) is 54.0 cm³/mol. The third-order valence-electron chi connectivity index (χ3n) is 1.94. The van der Waals surface area contributed by atoms with Crippen LogP contribution in [0.5, 0.6) is 0 Å². The number of likely N-dealkylation sites (N-methyl/N-ethyl adjacent to an activating group) is 1. The Hall–Kier alpha value is -1.43. The second kappa shape index (κ2) is 4.88. The summed E-state index contributed by atoms with van der Waals surface area (Å²) >= 11 is 0. The largest absolute Gasteiger partial charge is 0.347 e. The van der Waals surface area contributed by atoms with E-state index in [0.29, 0.717) is 18.3 Å². The fraction of sp³-hybridized carbons (Fsp3) is 0.667. The Morgan fingerprint density at radius 2 is 2.27 bits per heavy atom. The summed E-state index contributed by atoms with van der Waals surface area (Å²) in [5.41, 5.74) is 0. The smallest absolute Gasteiger partial charge is 0.240 e. The molecule has 0 aliphatic carbocycles. The maximum Gasteiger partial charge on any atom is 0.240 e. The number of nitrogens with zero attached hydrogens (tertiary/aromatic N) is 3. The monoisotopic (exact) mass is 212 g/mol. The van der Waals surface area contributed by atoms with E-state index in [4.69, 9.17) is 4.52 Å². The maximum absolute atomic E-state index is 11.5. The molecule has 1 unspecified atom stereocenters. The second-order valence-corrected chi connectivity index (χ2v) is 3.57. The number of carbonyl (C=O) groups is 1. The highest BCUT2D eigenvalue weighted by Crippen LogP contribution is 1.96. The molecular weight excluding hydrogens is 196 g/mol. The number of rotatable bonds is 4. The van der Waals surface area contributed by atoms with Crippen LogP contribution >= 0.6 is 0 Å². The molecule has 1 aromatic rings. The van der Waals surface area contributed by atoms with Crippen molar-refractivity contribution in [3.8, 4) is 0 Å². The van der Waals surface area contributed by atoms with Crippen molar-refractivity contribution < 1.29 is 9.32 Å². The van der Waals surface area contributed by atoms with Gasteiger partial charge in [0, 0.05) is 14.1 Å². The summed E-state index contributed by atoms with van der Waals surface area (Å²) in [4.78, 5) is 17.0. The van der Waals surface area contributed by atoms with Crippen LogP contribution in [0.15, 0.2) is 4.52 Å². The number of carbonyl (C=O) groups excluding carboxylic acids is 1. The van der Waals surface area contributed by atoms with Crippen molar-refractivity contribution in [1.82, 2.24) is 20.4 Å². The Balaban J connectivity index is 2.40. The zero-order valence-corrected chi connectivity index (χ0v) is 9.44. The average Bonchev–Trinajstić information content (AvgIpc) is 2.59. The zero-order chi connectivity index (χ0) is 11.4. The molecule has 0 radical (unpaired) electrons. The molecule has 0 aromatic carbocycles. The van der Waals surface area contributed by atoms with Gasteiger partial charge in [-0.05, 0) is 13.8 Å². The van der Waals surface area contributed by atoms with E-state index in [9.17, 15) is 4.79 Å². The zero-order valence-electron chi connectivity index (χ0n) is 9.44. The van der Waals surface area contributed by atoms with Gasteiger partial charge in [-0.3, -0.25) is 10.1 Å². The van der Waals surface area contributed by atoms with E-state index < -0.39 is 0 Å². The highest BCUT2D eigenvalue weighted by molar-refractivity contribution is 5.80. The fourth-order valence-corrected chi connectivity index (χ4v) is 1.13. The maximum atomic E-state index is 11.5. The molecule has 6 heteroatoms. The first kappa shape index (κ1) is 11.6. The topological polar surface area (TPSA) is 71.3 Å². The number of nitrogens with one attached hydrogen (secondary N) is 1. The third kappa shape index (κ3) is 3.32. The standard InChI is InChI=1S/C9H16N4O2/c1-6(9(14)13(3)4)10-5-8-11-7(2)12-15-8/h6,10H,5H2,1-4H3. The number of aromatic nitrogens is 2. The minimum Gasteiger partial charge on any atom is -0.347 e. The van der Waals surface area contributed by atoms with Gasteiger partial charge in [0.2, 0.25) is 11.8 Å². The van der Waals surface area contributed by atoms with Crippen LogP contribution in [0.25, 0.3) is 0 Å². The van der Waals surface area contributed by atoms with Crippen molar-refractivity contribution in [2.75, 3.05) is 14.1 Å². The van der Waals surface area contributed by atoms with Gasteiger partial charge in [0.05, 0.1) is 12.6 Å². The van der Waals surface area contributed by atoms with E-state index in [-0.39, 0.29) is 11.9 Å². The highest BCUT2D eigenvalue weighted by atomic mass is 16.5. The van der Waals surface area contributed by atoms with E-state index in [1.54, 1.807) is 27.9 Å². The molecule has 0 bridgehead atoms. The molecule has 0 aliphatic heterocycles. The first-order chi connectivity index (χ1) is 7.00. The van der Waals surface area contributed by atoms with Gasteiger partial charge in [0.1, 0.15) is 0 Å². The molecule has 0 saturated heterocycles. The number of hydrogen-bond donors (Lipinski definition) is 1. The summed E-state index contributed by atoms with van der Waals surface area (Å²) in [6, 6.07) is -0.257. The molecule has 0 saturated carbocycles. The van der Waals surface area contributed by atoms with Crippen molar-refractivity contribution in [3.05, 3.63) is 11.7 Å². The van der Waals surface area contributed by atoms with Gasteiger partial charge in [-0.1, -0.05) is 5.16 Å². The first-order valence-electron chi connectivity index (χ1n) is 4.74. The third-order valence-corrected chi connectivity index (χ3v) is 1.94. The summed E-state index contributed by atoms with van der Waals surface area (Å²) in [6.07, 6.45) is 0. The van der Waals surface area contributed by atoms with Crippen molar-refractivity contribution >= 4 is 5.91 Å². The second-order valence-electron chi connectivity index (χ2n) is 3.57. The molecule has 1 amide bonds. The summed E-state index contributed by atoms with van der Waals surface area (Å²) in [7, 11) is 3.44. The molecule has 15 heavy (non-hydrogen) atoms. The molecule has 1 N–H and O–H groups in total. The quantitative estimate of drug-likeness (QED) is 0.757. The molecule has 6 nitrogen and oxygen atoms in total. The molecule has 1 aromatic heterocycles. The van der Waals surface area contributed by atoms with Gasteiger partial charge in [-0.15, -0.1) is 0 Å². The van der Waals surface area contributed by atoms with Crippen molar-refractivity contribution in [2.24, 2.45) is 0 Å². The predicted octanol–water partition coefficient (Wildman–Crippen LogP) is -0.0557. The minimum absolute atomic E-state index is 0.0197. The van der Waals surface area contributed by atoms with Crippen LogP contribution in [-0.2, 0) is 11.3 Å². The van der Waals surface area contributed by atoms with Crippen LogP contribution in [0.2, 0.25) is 0 Å². The van der Waals surface area contributed by atoms with Crippen LogP contribution < -0.4 is 5.32 Å². The fourth-order valence-electron chi connectivity index (χ4n) is 1.13. The SMILES string of the molecule is Cc1noc(CNC(C)C(=O)N(C)C)n1. The van der Waals surface area contributed by atoms with Crippen molar-refractivity contribution in [1.29, 1.82) is 0 Å². The summed E-state index contributed by atoms with van der Waals surface area (Å²) in [6.45, 7) is 3.95. The van der Waals surface area contributed by atoms with Crippen LogP contribution in [0.4, 0.5) is 0 Å². The molecule has 1 atom stereocenters. The van der Waals surface area contributed by atoms with Crippen LogP contribution in [0, 0.1) is 6.92 Å². The van der Waals surface area contributed by atoms with Gasteiger partial charge in [-0.25, -0.2) is 0 Å². The van der Waals surface area contributed by atoms with E-state index in [1.165, 1.54) is 4.90 Å². The molecule has 84 valence electrons. The molecule has 0 fully saturated rings. The Morgan fingerprint density at radius 3 is 2.73 bits per heavy atom. The highest BCUT2D eigenvalue weighted by Gasteiger charge is 2.14. The minimum atomic E-state index is -0.257. The number of hydrogen-bond acceptors (Lipinski definition) is 5. The molecule has 0 spiro atoms. The van der Waals surface area contributed by atoms with Gasteiger partial charge >= 0.3 is 0 Å². The van der Waals surface area contributed by atoms with E-state index in [1.807, 2.05) is 0 Å². The lowest BCUT2D eigenvalue weighted by Gasteiger charge is -2.16. The lowest BCUT2D eigenvalue weighted by atomic mass is 10.3.